The minimum Gasteiger partial charge on any atom is -0.142 e. The summed E-state index contributed by atoms with van der Waals surface area (Å²) in [6.45, 7) is 0. The molecule has 0 saturated carbocycles. The fraction of sp³-hybridized carbons (Fsp3) is 0. The number of hydrogen-bond donors (Lipinski definition) is 1. The Kier molecular flexibility index (Phi) is 3.95. The van der Waals surface area contributed by atoms with E-state index < -0.39 is 0 Å². The molecule has 0 N–H and O–H groups in total. The quantitative estimate of drug-likeness (QED) is 0.242. The molecule has 0 radical (unpaired) electrons. The third kappa shape index (κ3) is 2.72. The van der Waals surface area contributed by atoms with Gasteiger partial charge < -0.3 is 0 Å². The molecular formula is C26H18S. The number of thiol groups is 1. The summed E-state index contributed by atoms with van der Waals surface area (Å²) in [5.41, 5.74) is 4.98. The van der Waals surface area contributed by atoms with E-state index in [1.54, 1.807) is 0 Å². The van der Waals surface area contributed by atoms with Gasteiger partial charge in [0.2, 0.25) is 0 Å². The van der Waals surface area contributed by atoms with Gasteiger partial charge in [-0.1, -0.05) is 103 Å². The van der Waals surface area contributed by atoms with Gasteiger partial charge in [-0.15, -0.1) is 12.6 Å². The molecule has 5 rings (SSSR count). The van der Waals surface area contributed by atoms with Crippen LogP contribution in [0.3, 0.4) is 0 Å². The average molecular weight is 362 g/mol. The van der Waals surface area contributed by atoms with E-state index in [9.17, 15) is 0 Å². The molecule has 0 aliphatic carbocycles. The Morgan fingerprint density at radius 1 is 0.370 bits per heavy atom. The van der Waals surface area contributed by atoms with Gasteiger partial charge in [-0.2, -0.15) is 0 Å². The van der Waals surface area contributed by atoms with Crippen LogP contribution in [0.4, 0.5) is 0 Å². The van der Waals surface area contributed by atoms with Crippen molar-refractivity contribution in [1.29, 1.82) is 0 Å². The van der Waals surface area contributed by atoms with Gasteiger partial charge in [0.1, 0.15) is 0 Å². The molecule has 0 spiro atoms. The summed E-state index contributed by atoms with van der Waals surface area (Å²) in [4.78, 5) is 1.05. The van der Waals surface area contributed by atoms with Gasteiger partial charge in [0.25, 0.3) is 0 Å². The van der Waals surface area contributed by atoms with E-state index in [2.05, 4.69) is 103 Å². The molecule has 0 amide bonds. The fourth-order valence-electron chi connectivity index (χ4n) is 3.88. The summed E-state index contributed by atoms with van der Waals surface area (Å²) < 4.78 is 0. The van der Waals surface area contributed by atoms with E-state index >= 15 is 0 Å². The highest BCUT2D eigenvalue weighted by Gasteiger charge is 2.13. The third-order valence-electron chi connectivity index (χ3n) is 5.18. The second-order valence-corrected chi connectivity index (χ2v) is 7.21. The lowest BCUT2D eigenvalue weighted by atomic mass is 9.91. The zero-order chi connectivity index (χ0) is 18.2. The molecule has 0 atom stereocenters. The van der Waals surface area contributed by atoms with E-state index in [1.165, 1.54) is 43.8 Å². The fourth-order valence-corrected chi connectivity index (χ4v) is 4.27. The lowest BCUT2D eigenvalue weighted by molar-refractivity contribution is 1.59. The standard InChI is InChI=1S/C26H18S/c27-26-23-12-6-4-10-21(23)25(22-11-5-7-13-24(22)26)20-16-14-19(15-17-20)18-8-2-1-3-9-18/h1-17,27H. The summed E-state index contributed by atoms with van der Waals surface area (Å²) in [7, 11) is 0. The van der Waals surface area contributed by atoms with Gasteiger partial charge in [-0.05, 0) is 43.8 Å². The van der Waals surface area contributed by atoms with E-state index in [4.69, 9.17) is 12.6 Å². The maximum absolute atomic E-state index is 4.84. The molecule has 0 unspecified atom stereocenters. The van der Waals surface area contributed by atoms with Crippen LogP contribution in [0.1, 0.15) is 0 Å². The smallest absolute Gasteiger partial charge is 0.0198 e. The molecule has 0 saturated heterocycles. The van der Waals surface area contributed by atoms with Crippen LogP contribution in [0.5, 0.6) is 0 Å². The molecule has 27 heavy (non-hydrogen) atoms. The Hall–Kier alpha value is -3.03. The molecule has 0 aliphatic heterocycles. The van der Waals surface area contributed by atoms with Gasteiger partial charge in [0.15, 0.2) is 0 Å². The first-order valence-corrected chi connectivity index (χ1v) is 9.56. The van der Waals surface area contributed by atoms with E-state index in [-0.39, 0.29) is 0 Å². The normalized spacial score (nSPS) is 11.1. The predicted molar refractivity (Wildman–Crippen MR) is 120 cm³/mol. The van der Waals surface area contributed by atoms with E-state index in [1.807, 2.05) is 0 Å². The second-order valence-electron chi connectivity index (χ2n) is 6.76. The lowest BCUT2D eigenvalue weighted by Gasteiger charge is -2.15. The highest BCUT2D eigenvalue weighted by Crippen LogP contribution is 2.40. The van der Waals surface area contributed by atoms with Crippen LogP contribution < -0.4 is 0 Å². The van der Waals surface area contributed by atoms with E-state index in [0.29, 0.717) is 0 Å². The zero-order valence-electron chi connectivity index (χ0n) is 14.8. The van der Waals surface area contributed by atoms with Crippen LogP contribution in [-0.2, 0) is 0 Å². The first kappa shape index (κ1) is 16.2. The molecule has 0 fully saturated rings. The Balaban J connectivity index is 1.78. The second kappa shape index (κ2) is 6.61. The monoisotopic (exact) mass is 362 g/mol. The van der Waals surface area contributed by atoms with Gasteiger partial charge in [-0.25, -0.2) is 0 Å². The summed E-state index contributed by atoms with van der Waals surface area (Å²) >= 11 is 4.84. The molecule has 5 aromatic carbocycles. The Labute approximate surface area is 164 Å². The van der Waals surface area contributed by atoms with Gasteiger partial charge in [0.05, 0.1) is 0 Å². The van der Waals surface area contributed by atoms with Crippen LogP contribution in [0.15, 0.2) is 108 Å². The van der Waals surface area contributed by atoms with Crippen molar-refractivity contribution >= 4 is 34.2 Å². The molecule has 1 heteroatoms. The number of benzene rings is 5. The van der Waals surface area contributed by atoms with Crippen molar-refractivity contribution in [2.24, 2.45) is 0 Å². The largest absolute Gasteiger partial charge is 0.142 e. The zero-order valence-corrected chi connectivity index (χ0v) is 15.7. The Bertz CT molecular complexity index is 1200. The first-order valence-electron chi connectivity index (χ1n) is 9.11. The summed E-state index contributed by atoms with van der Waals surface area (Å²) in [5, 5.41) is 4.88. The molecule has 128 valence electrons. The van der Waals surface area contributed by atoms with E-state index in [0.717, 1.165) is 4.90 Å². The Morgan fingerprint density at radius 2 is 0.778 bits per heavy atom. The Morgan fingerprint density at radius 3 is 1.33 bits per heavy atom. The predicted octanol–water partition coefficient (Wildman–Crippen LogP) is 7.62. The molecule has 0 bridgehead atoms. The van der Waals surface area contributed by atoms with Gasteiger partial charge in [-0.3, -0.25) is 0 Å². The number of fused-ring (bicyclic) bond motifs is 2. The average Bonchev–Trinajstić information content (AvgIpc) is 2.75. The van der Waals surface area contributed by atoms with Crippen molar-refractivity contribution in [2.75, 3.05) is 0 Å². The van der Waals surface area contributed by atoms with Crippen LogP contribution in [0.25, 0.3) is 43.8 Å². The minimum absolute atomic E-state index is 1.05. The highest BCUT2D eigenvalue weighted by atomic mass is 32.1. The molecule has 5 aromatic rings. The number of rotatable bonds is 2. The molecule has 0 nitrogen and oxygen atoms in total. The van der Waals surface area contributed by atoms with Crippen LogP contribution in [-0.4, -0.2) is 0 Å². The van der Waals surface area contributed by atoms with Crippen molar-refractivity contribution in [3.63, 3.8) is 0 Å². The third-order valence-corrected chi connectivity index (χ3v) is 5.67. The molecule has 0 heterocycles. The summed E-state index contributed by atoms with van der Waals surface area (Å²) in [5.74, 6) is 0. The summed E-state index contributed by atoms with van der Waals surface area (Å²) in [6.07, 6.45) is 0. The van der Waals surface area contributed by atoms with Gasteiger partial charge >= 0.3 is 0 Å². The van der Waals surface area contributed by atoms with Crippen LogP contribution >= 0.6 is 12.6 Å². The number of hydrogen-bond acceptors (Lipinski definition) is 1. The van der Waals surface area contributed by atoms with Crippen molar-refractivity contribution in [2.45, 2.75) is 4.90 Å². The molecular weight excluding hydrogens is 344 g/mol. The summed E-state index contributed by atoms with van der Waals surface area (Å²) in [6, 6.07) is 36.5. The highest BCUT2D eigenvalue weighted by molar-refractivity contribution is 7.80. The first-order chi connectivity index (χ1) is 13.3. The molecule has 0 aromatic heterocycles. The lowest BCUT2D eigenvalue weighted by Crippen LogP contribution is -1.88. The topological polar surface area (TPSA) is 0 Å². The van der Waals surface area contributed by atoms with Crippen LogP contribution in [0.2, 0.25) is 0 Å². The van der Waals surface area contributed by atoms with Gasteiger partial charge in [0, 0.05) is 4.90 Å². The molecule has 0 aliphatic rings. The SMILES string of the molecule is Sc1c2ccccc2c(-c2ccc(-c3ccccc3)cc2)c2ccccc12. The minimum atomic E-state index is 1.05. The maximum Gasteiger partial charge on any atom is 0.0198 e. The van der Waals surface area contributed by atoms with Crippen molar-refractivity contribution in [3.8, 4) is 22.3 Å². The maximum atomic E-state index is 4.84. The van der Waals surface area contributed by atoms with Crippen molar-refractivity contribution in [1.82, 2.24) is 0 Å². The van der Waals surface area contributed by atoms with Crippen LogP contribution in [0, 0.1) is 0 Å². The van der Waals surface area contributed by atoms with Crippen molar-refractivity contribution < 1.29 is 0 Å². The van der Waals surface area contributed by atoms with Crippen molar-refractivity contribution in [3.05, 3.63) is 103 Å².